The fourth-order valence-corrected chi connectivity index (χ4v) is 3.07. The number of aromatic nitrogens is 2. The summed E-state index contributed by atoms with van der Waals surface area (Å²) in [6.45, 7) is 6.42. The maximum Gasteiger partial charge on any atom is 0.147 e. The van der Waals surface area contributed by atoms with Crippen molar-refractivity contribution < 1.29 is 4.74 Å². The molecular formula is C15H24N4O. The van der Waals surface area contributed by atoms with Gasteiger partial charge in [0.05, 0.1) is 12.8 Å². The minimum absolute atomic E-state index is 0.725. The summed E-state index contributed by atoms with van der Waals surface area (Å²) in [6, 6.07) is 0. The summed E-state index contributed by atoms with van der Waals surface area (Å²) in [4.78, 5) is 13.4. The number of hydrogen-bond donors (Lipinski definition) is 0. The van der Waals surface area contributed by atoms with Gasteiger partial charge in [-0.15, -0.1) is 0 Å². The Balaban J connectivity index is 1.48. The Kier molecular flexibility index (Phi) is 4.47. The van der Waals surface area contributed by atoms with E-state index in [1.54, 1.807) is 12.4 Å². The van der Waals surface area contributed by atoms with E-state index in [-0.39, 0.29) is 0 Å². The summed E-state index contributed by atoms with van der Waals surface area (Å²) in [7, 11) is 1.82. The fourth-order valence-electron chi connectivity index (χ4n) is 3.07. The van der Waals surface area contributed by atoms with Gasteiger partial charge in [0.15, 0.2) is 0 Å². The monoisotopic (exact) mass is 276 g/mol. The SMILES string of the molecule is COCC(CN1CCN(c2cnccn2)CC1)C1CC1. The lowest BCUT2D eigenvalue weighted by Gasteiger charge is -2.36. The second-order valence-electron chi connectivity index (χ2n) is 5.90. The Labute approximate surface area is 121 Å². The molecule has 20 heavy (non-hydrogen) atoms. The van der Waals surface area contributed by atoms with E-state index in [1.165, 1.54) is 19.4 Å². The Morgan fingerprint density at radius 2 is 2.05 bits per heavy atom. The molecule has 0 spiro atoms. The highest BCUT2D eigenvalue weighted by Crippen LogP contribution is 2.37. The average molecular weight is 276 g/mol. The normalized spacial score (nSPS) is 21.9. The molecular weight excluding hydrogens is 252 g/mol. The molecule has 2 heterocycles. The second kappa shape index (κ2) is 6.50. The van der Waals surface area contributed by atoms with Crippen molar-refractivity contribution in [2.24, 2.45) is 11.8 Å². The number of nitrogens with zero attached hydrogens (tertiary/aromatic N) is 4. The van der Waals surface area contributed by atoms with E-state index in [9.17, 15) is 0 Å². The first-order valence-corrected chi connectivity index (χ1v) is 7.59. The van der Waals surface area contributed by atoms with Crippen molar-refractivity contribution in [3.05, 3.63) is 18.6 Å². The third-order valence-corrected chi connectivity index (χ3v) is 4.41. The van der Waals surface area contributed by atoms with Gasteiger partial charge < -0.3 is 9.64 Å². The quantitative estimate of drug-likeness (QED) is 0.783. The zero-order valence-corrected chi connectivity index (χ0v) is 12.2. The van der Waals surface area contributed by atoms with Crippen LogP contribution in [0.25, 0.3) is 0 Å². The Hall–Kier alpha value is -1.20. The van der Waals surface area contributed by atoms with Crippen molar-refractivity contribution in [1.29, 1.82) is 0 Å². The summed E-state index contributed by atoms with van der Waals surface area (Å²) < 4.78 is 5.38. The highest BCUT2D eigenvalue weighted by atomic mass is 16.5. The van der Waals surface area contributed by atoms with Crippen LogP contribution in [0.5, 0.6) is 0 Å². The van der Waals surface area contributed by atoms with Crippen LogP contribution in [0.3, 0.4) is 0 Å². The largest absolute Gasteiger partial charge is 0.384 e. The van der Waals surface area contributed by atoms with Crippen LogP contribution in [0.4, 0.5) is 5.82 Å². The first kappa shape index (κ1) is 13.8. The van der Waals surface area contributed by atoms with E-state index in [0.717, 1.165) is 50.4 Å². The van der Waals surface area contributed by atoms with Crippen LogP contribution < -0.4 is 4.90 Å². The molecule has 1 saturated carbocycles. The van der Waals surface area contributed by atoms with E-state index in [2.05, 4.69) is 19.8 Å². The van der Waals surface area contributed by atoms with E-state index in [4.69, 9.17) is 4.74 Å². The molecule has 0 radical (unpaired) electrons. The van der Waals surface area contributed by atoms with Crippen molar-refractivity contribution >= 4 is 5.82 Å². The molecule has 1 aromatic rings. The van der Waals surface area contributed by atoms with Gasteiger partial charge in [0.2, 0.25) is 0 Å². The van der Waals surface area contributed by atoms with Crippen molar-refractivity contribution in [2.45, 2.75) is 12.8 Å². The average Bonchev–Trinajstić information content (AvgIpc) is 3.33. The van der Waals surface area contributed by atoms with Crippen molar-refractivity contribution in [2.75, 3.05) is 51.3 Å². The van der Waals surface area contributed by atoms with Gasteiger partial charge in [-0.25, -0.2) is 4.98 Å². The summed E-state index contributed by atoms with van der Waals surface area (Å²) in [6.07, 6.45) is 8.14. The van der Waals surface area contributed by atoms with Gasteiger partial charge >= 0.3 is 0 Å². The smallest absolute Gasteiger partial charge is 0.147 e. The lowest BCUT2D eigenvalue weighted by molar-refractivity contribution is 0.107. The zero-order valence-electron chi connectivity index (χ0n) is 12.2. The van der Waals surface area contributed by atoms with E-state index >= 15 is 0 Å². The van der Waals surface area contributed by atoms with Crippen LogP contribution in [0, 0.1) is 11.8 Å². The summed E-state index contributed by atoms with van der Waals surface area (Å²) >= 11 is 0. The molecule has 1 aliphatic heterocycles. The molecule has 5 heteroatoms. The predicted molar refractivity (Wildman–Crippen MR) is 78.8 cm³/mol. The van der Waals surface area contributed by atoms with Crippen molar-refractivity contribution in [3.63, 3.8) is 0 Å². The van der Waals surface area contributed by atoms with Crippen LogP contribution in [-0.4, -0.2) is 61.3 Å². The van der Waals surface area contributed by atoms with Gasteiger partial charge in [0, 0.05) is 52.2 Å². The summed E-state index contributed by atoms with van der Waals surface area (Å²) in [5, 5.41) is 0. The number of anilines is 1. The molecule has 1 aliphatic carbocycles. The topological polar surface area (TPSA) is 41.5 Å². The van der Waals surface area contributed by atoms with Crippen molar-refractivity contribution in [1.82, 2.24) is 14.9 Å². The number of ether oxygens (including phenoxy) is 1. The second-order valence-corrected chi connectivity index (χ2v) is 5.90. The first-order chi connectivity index (χ1) is 9.86. The molecule has 1 atom stereocenters. The molecule has 1 aromatic heterocycles. The van der Waals surface area contributed by atoms with Gasteiger partial charge in [-0.1, -0.05) is 0 Å². The lowest BCUT2D eigenvalue weighted by atomic mass is 10.0. The predicted octanol–water partition coefficient (Wildman–Crippen LogP) is 1.27. The first-order valence-electron chi connectivity index (χ1n) is 7.59. The third kappa shape index (κ3) is 3.46. The van der Waals surface area contributed by atoms with Crippen LogP contribution >= 0.6 is 0 Å². The van der Waals surface area contributed by atoms with Gasteiger partial charge in [-0.05, 0) is 24.7 Å². The molecule has 1 saturated heterocycles. The van der Waals surface area contributed by atoms with Crippen LogP contribution in [0.15, 0.2) is 18.6 Å². The number of hydrogen-bond acceptors (Lipinski definition) is 5. The third-order valence-electron chi connectivity index (χ3n) is 4.41. The van der Waals surface area contributed by atoms with Gasteiger partial charge in [-0.2, -0.15) is 0 Å². The van der Waals surface area contributed by atoms with Crippen LogP contribution in [-0.2, 0) is 4.74 Å². The molecule has 2 fully saturated rings. The van der Waals surface area contributed by atoms with Gasteiger partial charge in [-0.3, -0.25) is 9.88 Å². The molecule has 0 aromatic carbocycles. The highest BCUT2D eigenvalue weighted by Gasteiger charge is 2.33. The van der Waals surface area contributed by atoms with E-state index in [0.29, 0.717) is 0 Å². The highest BCUT2D eigenvalue weighted by molar-refractivity contribution is 5.35. The zero-order chi connectivity index (χ0) is 13.8. The Bertz CT molecular complexity index is 402. The molecule has 0 amide bonds. The number of methoxy groups -OCH3 is 1. The lowest BCUT2D eigenvalue weighted by Crippen LogP contribution is -2.48. The summed E-state index contributed by atoms with van der Waals surface area (Å²) in [5.74, 6) is 2.64. The maximum absolute atomic E-state index is 5.38. The number of rotatable bonds is 6. The van der Waals surface area contributed by atoms with Gasteiger partial charge in [0.1, 0.15) is 5.82 Å². The van der Waals surface area contributed by atoms with E-state index < -0.39 is 0 Å². The van der Waals surface area contributed by atoms with Crippen LogP contribution in [0.2, 0.25) is 0 Å². The number of piperazine rings is 1. The standard InChI is InChI=1S/C15H24N4O/c1-20-12-14(13-2-3-13)11-18-6-8-19(9-7-18)15-10-16-4-5-17-15/h4-5,10,13-14H,2-3,6-9,11-12H2,1H3. The molecule has 5 nitrogen and oxygen atoms in total. The minimum Gasteiger partial charge on any atom is -0.384 e. The van der Waals surface area contributed by atoms with Crippen LogP contribution in [0.1, 0.15) is 12.8 Å². The summed E-state index contributed by atoms with van der Waals surface area (Å²) in [5.41, 5.74) is 0. The van der Waals surface area contributed by atoms with Gasteiger partial charge in [0.25, 0.3) is 0 Å². The maximum atomic E-state index is 5.38. The minimum atomic E-state index is 0.725. The van der Waals surface area contributed by atoms with E-state index in [1.807, 2.05) is 13.3 Å². The molecule has 0 bridgehead atoms. The fraction of sp³-hybridized carbons (Fsp3) is 0.733. The molecule has 2 aliphatic rings. The molecule has 110 valence electrons. The van der Waals surface area contributed by atoms with Crippen molar-refractivity contribution in [3.8, 4) is 0 Å². The molecule has 3 rings (SSSR count). The molecule has 1 unspecified atom stereocenters. The molecule has 0 N–H and O–H groups in total. The Morgan fingerprint density at radius 3 is 2.65 bits per heavy atom. The Morgan fingerprint density at radius 1 is 1.25 bits per heavy atom.